The van der Waals surface area contributed by atoms with E-state index in [4.69, 9.17) is 16.7 Å². The van der Waals surface area contributed by atoms with Crippen molar-refractivity contribution < 1.29 is 13.5 Å². The van der Waals surface area contributed by atoms with Gasteiger partial charge >= 0.3 is 0 Å². The maximum Gasteiger partial charge on any atom is 0.242 e. The highest BCUT2D eigenvalue weighted by molar-refractivity contribution is 7.89. The minimum Gasteiger partial charge on any atom is -0.393 e. The van der Waals surface area contributed by atoms with Crippen molar-refractivity contribution in [2.75, 3.05) is 6.54 Å². The first kappa shape index (κ1) is 13.4. The first-order chi connectivity index (χ1) is 7.43. The van der Waals surface area contributed by atoms with E-state index >= 15 is 0 Å². The van der Waals surface area contributed by atoms with Crippen LogP contribution in [0.4, 0.5) is 0 Å². The molecule has 1 rings (SSSR count). The molecule has 6 heteroatoms. The number of sulfonamides is 1. The van der Waals surface area contributed by atoms with Gasteiger partial charge in [0.25, 0.3) is 0 Å². The van der Waals surface area contributed by atoms with Crippen LogP contribution in [0.2, 0.25) is 5.02 Å². The molecule has 0 aliphatic carbocycles. The van der Waals surface area contributed by atoms with Crippen molar-refractivity contribution in [3.05, 3.63) is 29.3 Å². The number of halogens is 1. The zero-order chi connectivity index (χ0) is 12.2. The maximum atomic E-state index is 11.8. The van der Waals surface area contributed by atoms with Crippen molar-refractivity contribution in [1.29, 1.82) is 0 Å². The molecule has 0 heterocycles. The van der Waals surface area contributed by atoms with Crippen LogP contribution in [0.1, 0.15) is 13.3 Å². The Morgan fingerprint density at radius 2 is 2.06 bits per heavy atom. The highest BCUT2D eigenvalue weighted by Crippen LogP contribution is 2.19. The summed E-state index contributed by atoms with van der Waals surface area (Å²) in [5, 5.41) is 9.20. The summed E-state index contributed by atoms with van der Waals surface area (Å²) >= 11 is 5.78. The Balaban J connectivity index is 2.75. The van der Waals surface area contributed by atoms with Crippen LogP contribution in [0.15, 0.2) is 29.2 Å². The third-order valence-corrected chi connectivity index (χ3v) is 3.94. The molecule has 1 aromatic carbocycles. The van der Waals surface area contributed by atoms with Crippen LogP contribution in [-0.2, 0) is 10.0 Å². The third kappa shape index (κ3) is 3.75. The Morgan fingerprint density at radius 1 is 1.44 bits per heavy atom. The summed E-state index contributed by atoms with van der Waals surface area (Å²) in [7, 11) is -3.58. The topological polar surface area (TPSA) is 66.4 Å². The van der Waals surface area contributed by atoms with Crippen LogP contribution in [0, 0.1) is 0 Å². The van der Waals surface area contributed by atoms with Crippen molar-refractivity contribution in [2.24, 2.45) is 0 Å². The lowest BCUT2D eigenvalue weighted by molar-refractivity contribution is 0.186. The quantitative estimate of drug-likeness (QED) is 0.844. The second-order valence-corrected chi connectivity index (χ2v) is 5.61. The Hall–Kier alpha value is -0.620. The predicted octanol–water partition coefficient (Wildman–Crippen LogP) is 1.39. The largest absolute Gasteiger partial charge is 0.393 e. The molecule has 0 radical (unpaired) electrons. The van der Waals surface area contributed by atoms with Gasteiger partial charge in [-0.25, -0.2) is 13.1 Å². The zero-order valence-corrected chi connectivity index (χ0v) is 10.4. The van der Waals surface area contributed by atoms with E-state index < -0.39 is 16.1 Å². The van der Waals surface area contributed by atoms with Crippen molar-refractivity contribution in [3.8, 4) is 0 Å². The van der Waals surface area contributed by atoms with E-state index in [-0.39, 0.29) is 16.5 Å². The van der Waals surface area contributed by atoms with Gasteiger partial charge in [0.1, 0.15) is 4.90 Å². The van der Waals surface area contributed by atoms with Gasteiger partial charge in [0, 0.05) is 6.54 Å². The number of nitrogens with one attached hydrogen (secondary N) is 1. The standard InChI is InChI=1S/C10H14ClNO3S/c1-8(13)6-7-12-16(14,15)10-5-3-2-4-9(10)11/h2-5,8,12-13H,6-7H2,1H3. The van der Waals surface area contributed by atoms with Gasteiger partial charge in [-0.05, 0) is 25.5 Å². The van der Waals surface area contributed by atoms with Gasteiger partial charge in [-0.1, -0.05) is 23.7 Å². The number of benzene rings is 1. The molecule has 0 aromatic heterocycles. The lowest BCUT2D eigenvalue weighted by Crippen LogP contribution is -2.26. The molecule has 0 spiro atoms. The second kappa shape index (κ2) is 5.63. The van der Waals surface area contributed by atoms with Crippen molar-refractivity contribution in [3.63, 3.8) is 0 Å². The second-order valence-electron chi connectivity index (χ2n) is 3.47. The monoisotopic (exact) mass is 263 g/mol. The van der Waals surface area contributed by atoms with E-state index in [1.54, 1.807) is 19.1 Å². The summed E-state index contributed by atoms with van der Waals surface area (Å²) in [6.45, 7) is 1.79. The van der Waals surface area contributed by atoms with Crippen LogP contribution in [0.5, 0.6) is 0 Å². The molecular weight excluding hydrogens is 250 g/mol. The molecule has 0 bridgehead atoms. The smallest absolute Gasteiger partial charge is 0.242 e. The molecule has 0 fully saturated rings. The van der Waals surface area contributed by atoms with Crippen LogP contribution >= 0.6 is 11.6 Å². The molecule has 4 nitrogen and oxygen atoms in total. The summed E-state index contributed by atoms with van der Waals surface area (Å²) < 4.78 is 25.9. The molecular formula is C10H14ClNO3S. The van der Waals surface area contributed by atoms with Crippen LogP contribution in [-0.4, -0.2) is 26.2 Å². The SMILES string of the molecule is CC(O)CCNS(=O)(=O)c1ccccc1Cl. The molecule has 0 aliphatic rings. The molecule has 1 aromatic rings. The molecule has 90 valence electrons. The molecule has 0 amide bonds. The average Bonchev–Trinajstić information content (AvgIpc) is 2.17. The first-order valence-electron chi connectivity index (χ1n) is 4.86. The van der Waals surface area contributed by atoms with Crippen molar-refractivity contribution in [2.45, 2.75) is 24.3 Å². The zero-order valence-electron chi connectivity index (χ0n) is 8.85. The normalized spacial score (nSPS) is 13.7. The summed E-state index contributed by atoms with van der Waals surface area (Å²) in [6.07, 6.45) is -0.169. The molecule has 1 atom stereocenters. The molecule has 0 saturated carbocycles. The molecule has 1 unspecified atom stereocenters. The minimum absolute atomic E-state index is 0.0576. The van der Waals surface area contributed by atoms with Gasteiger partial charge in [-0.2, -0.15) is 0 Å². The number of aliphatic hydroxyl groups excluding tert-OH is 1. The Labute approximate surface area is 100 Å². The van der Waals surface area contributed by atoms with E-state index in [1.807, 2.05) is 0 Å². The van der Waals surface area contributed by atoms with E-state index in [0.29, 0.717) is 6.42 Å². The number of rotatable bonds is 5. The summed E-state index contributed by atoms with van der Waals surface area (Å²) in [4.78, 5) is 0.0576. The molecule has 2 N–H and O–H groups in total. The lowest BCUT2D eigenvalue weighted by Gasteiger charge is -2.08. The lowest BCUT2D eigenvalue weighted by atomic mass is 10.3. The van der Waals surface area contributed by atoms with E-state index in [9.17, 15) is 8.42 Å². The predicted molar refractivity (Wildman–Crippen MR) is 62.9 cm³/mol. The summed E-state index contributed by atoms with van der Waals surface area (Å²) in [5.41, 5.74) is 0. The summed E-state index contributed by atoms with van der Waals surface area (Å²) in [6, 6.07) is 6.23. The Morgan fingerprint density at radius 3 is 2.62 bits per heavy atom. The number of aliphatic hydroxyl groups is 1. The van der Waals surface area contributed by atoms with E-state index in [2.05, 4.69) is 4.72 Å². The van der Waals surface area contributed by atoms with Crippen molar-refractivity contribution >= 4 is 21.6 Å². The highest BCUT2D eigenvalue weighted by atomic mass is 35.5. The van der Waals surface area contributed by atoms with Crippen LogP contribution in [0.3, 0.4) is 0 Å². The first-order valence-corrected chi connectivity index (χ1v) is 6.72. The van der Waals surface area contributed by atoms with Gasteiger partial charge < -0.3 is 5.11 Å². The number of hydrogen-bond donors (Lipinski definition) is 2. The van der Waals surface area contributed by atoms with Gasteiger partial charge in [0.15, 0.2) is 0 Å². The molecule has 16 heavy (non-hydrogen) atoms. The maximum absolute atomic E-state index is 11.8. The number of hydrogen-bond acceptors (Lipinski definition) is 3. The summed E-state index contributed by atoms with van der Waals surface area (Å²) in [5.74, 6) is 0. The van der Waals surface area contributed by atoms with Crippen LogP contribution < -0.4 is 4.72 Å². The highest BCUT2D eigenvalue weighted by Gasteiger charge is 2.16. The van der Waals surface area contributed by atoms with Gasteiger partial charge in [-0.15, -0.1) is 0 Å². The Kier molecular flexibility index (Phi) is 4.73. The van der Waals surface area contributed by atoms with Crippen LogP contribution in [0.25, 0.3) is 0 Å². The Bertz CT molecular complexity index is 445. The minimum atomic E-state index is -3.58. The van der Waals surface area contributed by atoms with Gasteiger partial charge in [0.05, 0.1) is 11.1 Å². The third-order valence-electron chi connectivity index (χ3n) is 1.98. The fraction of sp³-hybridized carbons (Fsp3) is 0.400. The average molecular weight is 264 g/mol. The molecule has 0 aliphatic heterocycles. The van der Waals surface area contributed by atoms with E-state index in [0.717, 1.165) is 0 Å². The van der Waals surface area contributed by atoms with E-state index in [1.165, 1.54) is 12.1 Å². The fourth-order valence-corrected chi connectivity index (χ4v) is 2.71. The van der Waals surface area contributed by atoms with Gasteiger partial charge in [-0.3, -0.25) is 0 Å². The molecule has 0 saturated heterocycles. The fourth-order valence-electron chi connectivity index (χ4n) is 1.14. The van der Waals surface area contributed by atoms with Crippen molar-refractivity contribution in [1.82, 2.24) is 4.72 Å². The van der Waals surface area contributed by atoms with Gasteiger partial charge in [0.2, 0.25) is 10.0 Å².